The van der Waals surface area contributed by atoms with E-state index < -0.39 is 0 Å². The maximum Gasteiger partial charge on any atom is 0.225 e. The zero-order chi connectivity index (χ0) is 9.14. The molecule has 0 radical (unpaired) electrons. The van der Waals surface area contributed by atoms with Crippen LogP contribution in [0.2, 0.25) is 0 Å². The summed E-state index contributed by atoms with van der Waals surface area (Å²) in [5.41, 5.74) is 0. The molecule has 0 aromatic heterocycles. The van der Waals surface area contributed by atoms with E-state index in [9.17, 15) is 4.79 Å². The molecule has 2 nitrogen and oxygen atoms in total. The van der Waals surface area contributed by atoms with Crippen LogP contribution in [0, 0.1) is 11.8 Å². The molecular weight excluding hydrogens is 174 g/mol. The van der Waals surface area contributed by atoms with Crippen LogP contribution in [0.15, 0.2) is 0 Å². The lowest BCUT2D eigenvalue weighted by Crippen LogP contribution is -2.27. The first-order valence-corrected chi connectivity index (χ1v) is 5.05. The van der Waals surface area contributed by atoms with Crippen molar-refractivity contribution < 1.29 is 4.79 Å². The lowest BCUT2D eigenvalue weighted by atomic mass is 10.0. The van der Waals surface area contributed by atoms with Crippen molar-refractivity contribution in [2.24, 2.45) is 11.8 Å². The van der Waals surface area contributed by atoms with E-state index >= 15 is 0 Å². The fraction of sp³-hybridized carbons (Fsp3) is 0.889. The normalized spacial score (nSPS) is 29.9. The molecule has 0 bridgehead atoms. The second kappa shape index (κ2) is 4.13. The van der Waals surface area contributed by atoms with E-state index in [0.29, 0.717) is 17.7 Å². The maximum absolute atomic E-state index is 11.5. The highest BCUT2D eigenvalue weighted by atomic mass is 35.5. The highest BCUT2D eigenvalue weighted by molar-refractivity contribution is 6.17. The second-order valence-corrected chi connectivity index (χ2v) is 3.97. The van der Waals surface area contributed by atoms with Gasteiger partial charge < -0.3 is 4.90 Å². The fourth-order valence-corrected chi connectivity index (χ4v) is 1.70. The van der Waals surface area contributed by atoms with Crippen LogP contribution in [-0.4, -0.2) is 29.8 Å². The average molecular weight is 190 g/mol. The van der Waals surface area contributed by atoms with Crippen LogP contribution in [0.4, 0.5) is 0 Å². The van der Waals surface area contributed by atoms with E-state index in [0.717, 1.165) is 19.5 Å². The molecule has 1 amide bonds. The van der Waals surface area contributed by atoms with Gasteiger partial charge in [-0.2, -0.15) is 0 Å². The molecule has 2 unspecified atom stereocenters. The van der Waals surface area contributed by atoms with Gasteiger partial charge in [0.1, 0.15) is 0 Å². The van der Waals surface area contributed by atoms with E-state index in [-0.39, 0.29) is 5.92 Å². The van der Waals surface area contributed by atoms with E-state index in [4.69, 9.17) is 11.6 Å². The number of hydrogen-bond donors (Lipinski definition) is 0. The van der Waals surface area contributed by atoms with Crippen molar-refractivity contribution >= 4 is 17.5 Å². The van der Waals surface area contributed by atoms with Crippen molar-refractivity contribution in [2.75, 3.05) is 19.0 Å². The molecule has 1 aliphatic rings. The van der Waals surface area contributed by atoms with Crippen LogP contribution in [-0.2, 0) is 4.79 Å². The van der Waals surface area contributed by atoms with Crippen LogP contribution in [0.5, 0.6) is 0 Å². The van der Waals surface area contributed by atoms with Crippen molar-refractivity contribution in [3.8, 4) is 0 Å². The monoisotopic (exact) mass is 189 g/mol. The maximum atomic E-state index is 11.5. The van der Waals surface area contributed by atoms with Gasteiger partial charge in [0, 0.05) is 24.9 Å². The number of hydrogen-bond acceptors (Lipinski definition) is 1. The quantitative estimate of drug-likeness (QED) is 0.620. The van der Waals surface area contributed by atoms with Gasteiger partial charge in [0.15, 0.2) is 0 Å². The number of rotatable bonds is 3. The highest BCUT2D eigenvalue weighted by Crippen LogP contribution is 2.23. The SMILES string of the molecule is CC1CN(CCCCl)C(=O)C1C. The van der Waals surface area contributed by atoms with E-state index in [1.165, 1.54) is 0 Å². The Balaban J connectivity index is 2.42. The molecule has 0 aromatic carbocycles. The predicted octanol–water partition coefficient (Wildman–Crippen LogP) is 1.73. The molecule has 0 aliphatic carbocycles. The van der Waals surface area contributed by atoms with Gasteiger partial charge >= 0.3 is 0 Å². The Bertz CT molecular complexity index is 172. The van der Waals surface area contributed by atoms with Gasteiger partial charge in [-0.15, -0.1) is 11.6 Å². The van der Waals surface area contributed by atoms with Gasteiger partial charge in [-0.1, -0.05) is 13.8 Å². The van der Waals surface area contributed by atoms with Gasteiger partial charge in [0.2, 0.25) is 5.91 Å². The first-order chi connectivity index (χ1) is 5.66. The third-order valence-electron chi connectivity index (χ3n) is 2.62. The Kier molecular flexibility index (Phi) is 3.39. The third kappa shape index (κ3) is 1.92. The molecule has 0 N–H and O–H groups in total. The lowest BCUT2D eigenvalue weighted by molar-refractivity contribution is -0.130. The first kappa shape index (κ1) is 9.85. The molecule has 1 saturated heterocycles. The summed E-state index contributed by atoms with van der Waals surface area (Å²) in [6, 6.07) is 0. The van der Waals surface area contributed by atoms with Gasteiger partial charge in [0.05, 0.1) is 0 Å². The number of likely N-dealkylation sites (tertiary alicyclic amines) is 1. The smallest absolute Gasteiger partial charge is 0.225 e. The van der Waals surface area contributed by atoms with Gasteiger partial charge in [-0.3, -0.25) is 4.79 Å². The number of alkyl halides is 1. The molecule has 1 aliphatic heterocycles. The largest absolute Gasteiger partial charge is 0.342 e. The van der Waals surface area contributed by atoms with Gasteiger partial charge in [-0.05, 0) is 12.3 Å². The summed E-state index contributed by atoms with van der Waals surface area (Å²) in [5, 5.41) is 0. The number of carbonyl (C=O) groups is 1. The Morgan fingerprint density at radius 2 is 2.25 bits per heavy atom. The minimum absolute atomic E-state index is 0.209. The number of halogens is 1. The van der Waals surface area contributed by atoms with E-state index in [2.05, 4.69) is 6.92 Å². The molecule has 1 fully saturated rings. The van der Waals surface area contributed by atoms with Crippen molar-refractivity contribution in [3.05, 3.63) is 0 Å². The Morgan fingerprint density at radius 1 is 1.58 bits per heavy atom. The molecule has 0 saturated carbocycles. The van der Waals surface area contributed by atoms with Crippen LogP contribution < -0.4 is 0 Å². The third-order valence-corrected chi connectivity index (χ3v) is 2.89. The van der Waals surface area contributed by atoms with Gasteiger partial charge in [0.25, 0.3) is 0 Å². The minimum atomic E-state index is 0.209. The number of carbonyl (C=O) groups excluding carboxylic acids is 1. The summed E-state index contributed by atoms with van der Waals surface area (Å²) in [5.74, 6) is 1.66. The molecule has 70 valence electrons. The Labute approximate surface area is 78.9 Å². The number of amides is 1. The van der Waals surface area contributed by atoms with Crippen LogP contribution in [0.25, 0.3) is 0 Å². The van der Waals surface area contributed by atoms with E-state index in [1.54, 1.807) is 0 Å². The Hall–Kier alpha value is -0.240. The van der Waals surface area contributed by atoms with Crippen molar-refractivity contribution in [1.29, 1.82) is 0 Å². The summed E-state index contributed by atoms with van der Waals surface area (Å²) in [4.78, 5) is 13.4. The molecule has 0 aromatic rings. The van der Waals surface area contributed by atoms with Crippen LogP contribution in [0.3, 0.4) is 0 Å². The molecule has 1 heterocycles. The average Bonchev–Trinajstić information content (AvgIpc) is 2.30. The van der Waals surface area contributed by atoms with Crippen LogP contribution >= 0.6 is 11.6 Å². The van der Waals surface area contributed by atoms with Crippen molar-refractivity contribution in [2.45, 2.75) is 20.3 Å². The molecular formula is C9H16ClNO. The van der Waals surface area contributed by atoms with E-state index in [1.807, 2.05) is 11.8 Å². The van der Waals surface area contributed by atoms with Crippen LogP contribution in [0.1, 0.15) is 20.3 Å². The zero-order valence-corrected chi connectivity index (χ0v) is 8.47. The standard InChI is InChI=1S/C9H16ClNO/c1-7-6-11(5-3-4-10)9(12)8(7)2/h7-8H,3-6H2,1-2H3. The van der Waals surface area contributed by atoms with Crippen molar-refractivity contribution in [1.82, 2.24) is 4.90 Å². The Morgan fingerprint density at radius 3 is 2.67 bits per heavy atom. The summed E-state index contributed by atoms with van der Waals surface area (Å²) >= 11 is 5.56. The first-order valence-electron chi connectivity index (χ1n) is 4.51. The summed E-state index contributed by atoms with van der Waals surface area (Å²) in [6.07, 6.45) is 0.909. The minimum Gasteiger partial charge on any atom is -0.342 e. The van der Waals surface area contributed by atoms with Gasteiger partial charge in [-0.25, -0.2) is 0 Å². The molecule has 1 rings (SSSR count). The van der Waals surface area contributed by atoms with Crippen molar-refractivity contribution in [3.63, 3.8) is 0 Å². The highest BCUT2D eigenvalue weighted by Gasteiger charge is 2.33. The zero-order valence-electron chi connectivity index (χ0n) is 7.72. The summed E-state index contributed by atoms with van der Waals surface area (Å²) in [7, 11) is 0. The fourth-order valence-electron chi connectivity index (χ4n) is 1.58. The molecule has 12 heavy (non-hydrogen) atoms. The molecule has 0 spiro atoms. The summed E-state index contributed by atoms with van der Waals surface area (Å²) < 4.78 is 0. The topological polar surface area (TPSA) is 20.3 Å². The summed E-state index contributed by atoms with van der Waals surface area (Å²) in [6.45, 7) is 5.88. The lowest BCUT2D eigenvalue weighted by Gasteiger charge is -2.14. The second-order valence-electron chi connectivity index (χ2n) is 3.59. The number of nitrogens with zero attached hydrogens (tertiary/aromatic N) is 1. The predicted molar refractivity (Wildman–Crippen MR) is 50.2 cm³/mol. The molecule has 2 atom stereocenters. The molecule has 3 heteroatoms.